The van der Waals surface area contributed by atoms with Crippen LogP contribution in [0.5, 0.6) is 0 Å². The molecule has 0 saturated carbocycles. The zero-order valence-corrected chi connectivity index (χ0v) is 17.2. The van der Waals surface area contributed by atoms with Gasteiger partial charge in [-0.15, -0.1) is 0 Å². The topological polar surface area (TPSA) is 48.5 Å². The molecule has 1 aromatic heterocycles. The van der Waals surface area contributed by atoms with Crippen LogP contribution in [0.25, 0.3) is 10.9 Å². The smallest absolute Gasteiger partial charge is 0.255 e. The number of hydrogen-bond donors (Lipinski definition) is 1. The van der Waals surface area contributed by atoms with Crippen molar-refractivity contribution in [2.24, 2.45) is 0 Å². The Morgan fingerprint density at radius 2 is 1.35 bits per heavy atom. The molecule has 0 atom stereocenters. The number of pyridine rings is 1. The highest BCUT2D eigenvalue weighted by Gasteiger charge is 2.17. The van der Waals surface area contributed by atoms with Crippen LogP contribution in [0.1, 0.15) is 10.4 Å². The normalized spacial score (nSPS) is 13.9. The third-order valence-corrected chi connectivity index (χ3v) is 5.74. The lowest BCUT2D eigenvalue weighted by Gasteiger charge is -2.37. The molecule has 154 valence electrons. The van der Waals surface area contributed by atoms with Crippen molar-refractivity contribution in [3.63, 3.8) is 0 Å². The van der Waals surface area contributed by atoms with Gasteiger partial charge in [0.2, 0.25) is 0 Å². The molecule has 1 N–H and O–H groups in total. The van der Waals surface area contributed by atoms with Gasteiger partial charge in [0.15, 0.2) is 0 Å². The Balaban J connectivity index is 1.22. The van der Waals surface area contributed by atoms with Crippen molar-refractivity contribution in [3.8, 4) is 0 Å². The van der Waals surface area contributed by atoms with E-state index in [4.69, 9.17) is 0 Å². The fourth-order valence-electron chi connectivity index (χ4n) is 4.03. The first-order valence-electron chi connectivity index (χ1n) is 10.6. The lowest BCUT2D eigenvalue weighted by molar-refractivity contribution is 0.102. The highest BCUT2D eigenvalue weighted by Crippen LogP contribution is 2.22. The molecule has 5 nitrogen and oxygen atoms in total. The number of para-hydroxylation sites is 2. The lowest BCUT2D eigenvalue weighted by Crippen LogP contribution is -2.46. The minimum Gasteiger partial charge on any atom is -0.368 e. The van der Waals surface area contributed by atoms with Crippen molar-refractivity contribution >= 4 is 33.9 Å². The molecular formula is C26H24N4O. The van der Waals surface area contributed by atoms with E-state index in [-0.39, 0.29) is 5.91 Å². The molecule has 1 amide bonds. The third-order valence-electron chi connectivity index (χ3n) is 5.74. The van der Waals surface area contributed by atoms with Crippen LogP contribution in [0.15, 0.2) is 91.1 Å². The second-order valence-corrected chi connectivity index (χ2v) is 7.73. The molecule has 0 bridgehead atoms. The summed E-state index contributed by atoms with van der Waals surface area (Å²) in [5.41, 5.74) is 4.68. The van der Waals surface area contributed by atoms with E-state index in [1.807, 2.05) is 60.7 Å². The quantitative estimate of drug-likeness (QED) is 0.526. The molecule has 0 unspecified atom stereocenters. The molecule has 1 aliphatic heterocycles. The van der Waals surface area contributed by atoms with Crippen LogP contribution in [0.3, 0.4) is 0 Å². The molecule has 1 saturated heterocycles. The summed E-state index contributed by atoms with van der Waals surface area (Å²) in [4.78, 5) is 21.9. The van der Waals surface area contributed by atoms with Gasteiger partial charge in [-0.2, -0.15) is 0 Å². The molecule has 0 aliphatic carbocycles. The standard InChI is InChI=1S/C26H24N4O/c31-26(28-22-18-21-6-4-5-9-25(21)27-19-22)20-10-12-24(13-11-20)30-16-14-29(15-17-30)23-7-2-1-3-8-23/h1-13,18-19H,14-17H2,(H,28,31). The van der Waals surface area contributed by atoms with Crippen LogP contribution < -0.4 is 15.1 Å². The van der Waals surface area contributed by atoms with Crippen molar-refractivity contribution < 1.29 is 4.79 Å². The Labute approximate surface area is 181 Å². The molecule has 0 spiro atoms. The monoisotopic (exact) mass is 408 g/mol. The first-order valence-corrected chi connectivity index (χ1v) is 10.6. The predicted molar refractivity (Wildman–Crippen MR) is 127 cm³/mol. The summed E-state index contributed by atoms with van der Waals surface area (Å²) >= 11 is 0. The number of anilines is 3. The number of carbonyl (C=O) groups excluding carboxylic acids is 1. The maximum Gasteiger partial charge on any atom is 0.255 e. The van der Waals surface area contributed by atoms with Crippen LogP contribution in [0, 0.1) is 0 Å². The summed E-state index contributed by atoms with van der Waals surface area (Å²) in [5.74, 6) is -0.127. The van der Waals surface area contributed by atoms with Gasteiger partial charge in [0.05, 0.1) is 17.4 Å². The van der Waals surface area contributed by atoms with Crippen LogP contribution in [0.2, 0.25) is 0 Å². The summed E-state index contributed by atoms with van der Waals surface area (Å²) in [6, 6.07) is 28.2. The predicted octanol–water partition coefficient (Wildman–Crippen LogP) is 4.81. The van der Waals surface area contributed by atoms with Gasteiger partial charge in [0, 0.05) is 48.5 Å². The van der Waals surface area contributed by atoms with Gasteiger partial charge >= 0.3 is 0 Å². The molecule has 3 aromatic carbocycles. The van der Waals surface area contributed by atoms with E-state index in [1.165, 1.54) is 5.69 Å². The summed E-state index contributed by atoms with van der Waals surface area (Å²) in [7, 11) is 0. The molecule has 5 heteroatoms. The van der Waals surface area contributed by atoms with E-state index in [0.29, 0.717) is 11.3 Å². The van der Waals surface area contributed by atoms with Gasteiger partial charge in [0.25, 0.3) is 5.91 Å². The number of benzene rings is 3. The van der Waals surface area contributed by atoms with E-state index in [2.05, 4.69) is 44.4 Å². The molecular weight excluding hydrogens is 384 g/mol. The van der Waals surface area contributed by atoms with Gasteiger partial charge in [0.1, 0.15) is 0 Å². The molecule has 0 radical (unpaired) electrons. The second-order valence-electron chi connectivity index (χ2n) is 7.73. The number of nitrogens with zero attached hydrogens (tertiary/aromatic N) is 3. The number of piperazine rings is 1. The molecule has 4 aromatic rings. The van der Waals surface area contributed by atoms with Gasteiger partial charge in [-0.3, -0.25) is 9.78 Å². The minimum atomic E-state index is -0.127. The second kappa shape index (κ2) is 8.48. The molecule has 1 aliphatic rings. The van der Waals surface area contributed by atoms with Crippen molar-refractivity contribution in [2.45, 2.75) is 0 Å². The fourth-order valence-corrected chi connectivity index (χ4v) is 4.03. The Bertz CT molecular complexity index is 1180. The first-order chi connectivity index (χ1) is 15.3. The SMILES string of the molecule is O=C(Nc1cnc2ccccc2c1)c1ccc(N2CCN(c3ccccc3)CC2)cc1. The summed E-state index contributed by atoms with van der Waals surface area (Å²) in [5, 5.41) is 3.96. The number of carbonyl (C=O) groups is 1. The maximum absolute atomic E-state index is 12.7. The fraction of sp³-hybridized carbons (Fsp3) is 0.154. The van der Waals surface area contributed by atoms with Gasteiger partial charge < -0.3 is 15.1 Å². The Morgan fingerprint density at radius 3 is 2.06 bits per heavy atom. The number of rotatable bonds is 4. The largest absolute Gasteiger partial charge is 0.368 e. The molecule has 5 rings (SSSR count). The van der Waals surface area contributed by atoms with E-state index in [0.717, 1.165) is 42.8 Å². The molecule has 2 heterocycles. The van der Waals surface area contributed by atoms with Gasteiger partial charge in [-0.25, -0.2) is 0 Å². The van der Waals surface area contributed by atoms with Crippen LogP contribution >= 0.6 is 0 Å². The average Bonchev–Trinajstić information content (AvgIpc) is 2.85. The third kappa shape index (κ3) is 4.21. The summed E-state index contributed by atoms with van der Waals surface area (Å²) < 4.78 is 0. The van der Waals surface area contributed by atoms with Crippen LogP contribution in [-0.4, -0.2) is 37.1 Å². The number of amides is 1. The van der Waals surface area contributed by atoms with E-state index < -0.39 is 0 Å². The highest BCUT2D eigenvalue weighted by molar-refractivity contribution is 6.05. The summed E-state index contributed by atoms with van der Waals surface area (Å²) in [6.45, 7) is 3.90. The van der Waals surface area contributed by atoms with E-state index in [9.17, 15) is 4.79 Å². The Hall–Kier alpha value is -3.86. The first kappa shape index (κ1) is 19.1. The minimum absolute atomic E-state index is 0.127. The van der Waals surface area contributed by atoms with Crippen LogP contribution in [0.4, 0.5) is 17.1 Å². The number of hydrogen-bond acceptors (Lipinski definition) is 4. The number of nitrogens with one attached hydrogen (secondary N) is 1. The van der Waals surface area contributed by atoms with Crippen LogP contribution in [-0.2, 0) is 0 Å². The molecule has 1 fully saturated rings. The zero-order chi connectivity index (χ0) is 21.0. The summed E-state index contributed by atoms with van der Waals surface area (Å²) in [6.07, 6.45) is 1.70. The van der Waals surface area contributed by atoms with E-state index in [1.54, 1.807) is 6.20 Å². The Kier molecular flexibility index (Phi) is 5.23. The van der Waals surface area contributed by atoms with Crippen molar-refractivity contribution in [2.75, 3.05) is 41.3 Å². The lowest BCUT2D eigenvalue weighted by atomic mass is 10.1. The highest BCUT2D eigenvalue weighted by atomic mass is 16.1. The molecule has 31 heavy (non-hydrogen) atoms. The van der Waals surface area contributed by atoms with Gasteiger partial charge in [-0.05, 0) is 48.5 Å². The Morgan fingerprint density at radius 1 is 0.742 bits per heavy atom. The van der Waals surface area contributed by atoms with Crippen molar-refractivity contribution in [3.05, 3.63) is 96.7 Å². The zero-order valence-electron chi connectivity index (χ0n) is 17.2. The number of aromatic nitrogens is 1. The van der Waals surface area contributed by atoms with Crippen molar-refractivity contribution in [1.29, 1.82) is 0 Å². The van der Waals surface area contributed by atoms with E-state index >= 15 is 0 Å². The maximum atomic E-state index is 12.7. The van der Waals surface area contributed by atoms with Crippen molar-refractivity contribution in [1.82, 2.24) is 4.98 Å². The average molecular weight is 409 g/mol. The van der Waals surface area contributed by atoms with Gasteiger partial charge in [-0.1, -0.05) is 36.4 Å². The number of fused-ring (bicyclic) bond motifs is 1.